The first kappa shape index (κ1) is 99.9. The molecule has 106 heavy (non-hydrogen) atoms. The van der Waals surface area contributed by atoms with Crippen LogP contribution in [0.15, 0.2) is 194 Å². The number of phosphoric acid groups is 2. The summed E-state index contributed by atoms with van der Waals surface area (Å²) in [6.07, 6.45) is 94.2. The Morgan fingerprint density at radius 3 is 0.745 bits per heavy atom. The number of hydrogen-bond donors (Lipinski definition) is 3. The van der Waals surface area contributed by atoms with Crippen molar-refractivity contribution >= 4 is 39.5 Å². The minimum absolute atomic E-state index is 0.0458. The highest BCUT2D eigenvalue weighted by atomic mass is 31.2. The molecule has 598 valence electrons. The van der Waals surface area contributed by atoms with Crippen LogP contribution in [0.3, 0.4) is 0 Å². The minimum atomic E-state index is -5.01. The van der Waals surface area contributed by atoms with Crippen molar-refractivity contribution in [2.24, 2.45) is 0 Å². The monoisotopic (exact) mass is 1520 g/mol. The average Bonchev–Trinajstić information content (AvgIpc) is 0.902. The molecule has 17 nitrogen and oxygen atoms in total. The lowest BCUT2D eigenvalue weighted by molar-refractivity contribution is -0.161. The van der Waals surface area contributed by atoms with E-state index in [1.54, 1.807) is 0 Å². The summed E-state index contributed by atoms with van der Waals surface area (Å²) in [6.45, 7) is 4.25. The van der Waals surface area contributed by atoms with Gasteiger partial charge in [0.25, 0.3) is 0 Å². The van der Waals surface area contributed by atoms with Gasteiger partial charge in [0, 0.05) is 25.7 Å². The molecule has 0 saturated carbocycles. The average molecular weight is 1520 g/mol. The molecule has 0 amide bonds. The summed E-state index contributed by atoms with van der Waals surface area (Å²) < 4.78 is 68.5. The number of carbonyl (C=O) groups is 4. The first-order valence-corrected chi connectivity index (χ1v) is 42.7. The van der Waals surface area contributed by atoms with E-state index in [4.69, 9.17) is 37.0 Å². The maximum Gasteiger partial charge on any atom is 0.472 e. The van der Waals surface area contributed by atoms with Crippen LogP contribution < -0.4 is 0 Å². The smallest absolute Gasteiger partial charge is 0.462 e. The molecule has 19 heteroatoms. The summed E-state index contributed by atoms with van der Waals surface area (Å²) >= 11 is 0. The first-order chi connectivity index (χ1) is 51.7. The van der Waals surface area contributed by atoms with Gasteiger partial charge in [-0.2, -0.15) is 0 Å². The van der Waals surface area contributed by atoms with E-state index in [1.165, 1.54) is 0 Å². The number of esters is 4. The number of carbonyl (C=O) groups excluding carboxylic acids is 4. The minimum Gasteiger partial charge on any atom is -0.462 e. The molecule has 0 saturated heterocycles. The van der Waals surface area contributed by atoms with E-state index in [9.17, 15) is 43.2 Å². The Labute approximate surface area is 640 Å². The summed E-state index contributed by atoms with van der Waals surface area (Å²) in [4.78, 5) is 73.1. The predicted molar refractivity (Wildman–Crippen MR) is 436 cm³/mol. The Bertz CT molecular complexity index is 2780. The zero-order valence-corrected chi connectivity index (χ0v) is 67.1. The number of aliphatic hydroxyl groups excluding tert-OH is 1. The van der Waals surface area contributed by atoms with Crippen molar-refractivity contribution < 1.29 is 80.2 Å². The molecule has 0 heterocycles. The number of unbranched alkanes of at least 4 members (excludes halogenated alkanes) is 14. The highest BCUT2D eigenvalue weighted by Crippen LogP contribution is 2.45. The lowest BCUT2D eigenvalue weighted by Crippen LogP contribution is -2.30. The molecule has 0 aromatic carbocycles. The van der Waals surface area contributed by atoms with Gasteiger partial charge in [-0.05, 0) is 173 Å². The Kier molecular flexibility index (Phi) is 72.6. The van der Waals surface area contributed by atoms with Crippen LogP contribution in [-0.4, -0.2) is 96.7 Å². The number of hydrogen-bond acceptors (Lipinski definition) is 15. The maximum atomic E-state index is 13.1. The molecule has 0 radical (unpaired) electrons. The van der Waals surface area contributed by atoms with E-state index in [1.807, 2.05) is 12.2 Å². The fourth-order valence-corrected chi connectivity index (χ4v) is 11.2. The number of allylic oxidation sites excluding steroid dienone is 32. The van der Waals surface area contributed by atoms with E-state index >= 15 is 0 Å². The van der Waals surface area contributed by atoms with Crippen molar-refractivity contribution in [3.63, 3.8) is 0 Å². The summed E-state index contributed by atoms with van der Waals surface area (Å²) in [7, 11) is -10.0. The van der Waals surface area contributed by atoms with Gasteiger partial charge < -0.3 is 33.8 Å². The van der Waals surface area contributed by atoms with Gasteiger partial charge in [-0.15, -0.1) is 0 Å². The molecule has 0 aliphatic carbocycles. The molecule has 0 bridgehead atoms. The molecular weight excluding hydrogens is 1380 g/mol. The second kappa shape index (κ2) is 77.1. The van der Waals surface area contributed by atoms with Gasteiger partial charge in [0.2, 0.25) is 0 Å². The van der Waals surface area contributed by atoms with Crippen LogP contribution in [0.2, 0.25) is 0 Å². The third kappa shape index (κ3) is 76.1. The van der Waals surface area contributed by atoms with Gasteiger partial charge in [0.1, 0.15) is 19.3 Å². The van der Waals surface area contributed by atoms with Crippen molar-refractivity contribution in [3.05, 3.63) is 194 Å². The molecule has 0 rings (SSSR count). The second-order valence-corrected chi connectivity index (χ2v) is 28.4. The largest absolute Gasteiger partial charge is 0.472 e. The fourth-order valence-electron chi connectivity index (χ4n) is 9.66. The van der Waals surface area contributed by atoms with Gasteiger partial charge in [-0.3, -0.25) is 37.3 Å². The fraction of sp³-hybridized carbons (Fsp3) is 0.586. The van der Waals surface area contributed by atoms with Gasteiger partial charge >= 0.3 is 39.5 Å². The van der Waals surface area contributed by atoms with E-state index < -0.39 is 97.5 Å². The molecule has 5 unspecified atom stereocenters. The standard InChI is InChI=1S/C87H138O17P2/c1-5-9-13-17-21-25-29-33-37-40-44-47-51-55-59-63-67-71-84(89)97-77-82(103-86(91)73-69-65-61-57-53-49-43-36-32-28-24-20-16-12-8-4)79-101-105(93,94)99-75-81(88)76-100-106(95,96)102-80-83(104-87(92)74-70-66-62-58-54-50-46-42-39-35-31-27-23-19-15-11-7-3)78-98-85(90)72-68-64-60-56-52-48-45-41-38-34-30-26-22-18-14-10-6-2/h9-16,21-28,33-39,43-48,50,56,60,81-83,88H,5-8,17-20,29-32,40-42,49,51-55,57-59,61-80H2,1-4H3,(H,93,94)(H,95,96)/b13-9-,14-10-,15-11-,16-12-,25-21-,26-22-,27-23-,28-24-,37-33-,38-34-,39-35-,43-36-,47-44-,48-45-,50-46-,60-56-. The van der Waals surface area contributed by atoms with Crippen LogP contribution in [0.5, 0.6) is 0 Å². The van der Waals surface area contributed by atoms with Gasteiger partial charge in [0.15, 0.2) is 12.2 Å². The topological polar surface area (TPSA) is 237 Å². The molecule has 0 aromatic rings. The van der Waals surface area contributed by atoms with Crippen molar-refractivity contribution in [3.8, 4) is 0 Å². The maximum absolute atomic E-state index is 13.1. The summed E-state index contributed by atoms with van der Waals surface area (Å²) in [5.41, 5.74) is 0. The van der Waals surface area contributed by atoms with Crippen LogP contribution in [0, 0.1) is 0 Å². The normalized spacial score (nSPS) is 14.9. The van der Waals surface area contributed by atoms with Gasteiger partial charge in [-0.1, -0.05) is 267 Å². The highest BCUT2D eigenvalue weighted by molar-refractivity contribution is 7.47. The van der Waals surface area contributed by atoms with Crippen molar-refractivity contribution in [1.82, 2.24) is 0 Å². The molecule has 0 fully saturated rings. The third-order valence-corrected chi connectivity index (χ3v) is 17.4. The van der Waals surface area contributed by atoms with Crippen molar-refractivity contribution in [2.45, 2.75) is 290 Å². The Morgan fingerprint density at radius 2 is 0.472 bits per heavy atom. The summed E-state index contributed by atoms with van der Waals surface area (Å²) in [5.74, 6) is -2.34. The molecular formula is C87H138O17P2. The molecule has 5 atom stereocenters. The molecule has 0 aliphatic rings. The number of aliphatic hydroxyl groups is 1. The zero-order valence-electron chi connectivity index (χ0n) is 65.3. The van der Waals surface area contributed by atoms with Crippen LogP contribution in [0.4, 0.5) is 0 Å². The molecule has 0 aromatic heterocycles. The first-order valence-electron chi connectivity index (χ1n) is 39.7. The SMILES string of the molecule is CC/C=C\C/C=C\C/C=C\C/C=C\C/C=C\CCCC(=O)OCC(COP(=O)(O)OCC(O)COP(=O)(O)OCC(COC(=O)CCCCCC/C=C\C/C=C\C/C=C\C/C=C\CC)OC(=O)CCCCCCC/C=C\C/C=C\C/C=C\CC)OC(=O)CCCCCC/C=C\C/C=C\C/C=C\C/C=C\CC. The van der Waals surface area contributed by atoms with Crippen molar-refractivity contribution in [1.29, 1.82) is 0 Å². The highest BCUT2D eigenvalue weighted by Gasteiger charge is 2.30. The van der Waals surface area contributed by atoms with Gasteiger partial charge in [-0.25, -0.2) is 9.13 Å². The lowest BCUT2D eigenvalue weighted by atomic mass is 10.1. The molecule has 0 aliphatic heterocycles. The third-order valence-electron chi connectivity index (χ3n) is 15.5. The quantitative estimate of drug-likeness (QED) is 0.0169. The molecule has 3 N–H and O–H groups in total. The zero-order chi connectivity index (χ0) is 77.4. The van der Waals surface area contributed by atoms with E-state index in [0.717, 1.165) is 186 Å². The Morgan fingerprint density at radius 1 is 0.264 bits per heavy atom. The van der Waals surface area contributed by atoms with E-state index in [2.05, 4.69) is 210 Å². The second-order valence-electron chi connectivity index (χ2n) is 25.5. The predicted octanol–water partition coefficient (Wildman–Crippen LogP) is 23.3. The van der Waals surface area contributed by atoms with E-state index in [-0.39, 0.29) is 25.7 Å². The van der Waals surface area contributed by atoms with E-state index in [0.29, 0.717) is 32.1 Å². The van der Waals surface area contributed by atoms with Gasteiger partial charge in [0.05, 0.1) is 26.4 Å². The van der Waals surface area contributed by atoms with Crippen LogP contribution in [0.1, 0.15) is 272 Å². The molecule has 0 spiro atoms. The van der Waals surface area contributed by atoms with Crippen LogP contribution in [0.25, 0.3) is 0 Å². The van der Waals surface area contributed by atoms with Crippen molar-refractivity contribution in [2.75, 3.05) is 39.6 Å². The number of ether oxygens (including phenoxy) is 4. The lowest BCUT2D eigenvalue weighted by Gasteiger charge is -2.21. The van der Waals surface area contributed by atoms with Crippen LogP contribution >= 0.6 is 15.6 Å². The number of phosphoric ester groups is 2. The van der Waals surface area contributed by atoms with Crippen LogP contribution in [-0.2, 0) is 65.4 Å². The summed E-state index contributed by atoms with van der Waals surface area (Å²) in [5, 5.41) is 10.6. The number of rotatable bonds is 72. The summed E-state index contributed by atoms with van der Waals surface area (Å²) in [6, 6.07) is 0. The Hall–Kier alpha value is -6.10. The Balaban J connectivity index is 5.51.